The molecule has 2 saturated heterocycles. The number of piperidine rings is 1. The molecule has 2 fully saturated rings. The third kappa shape index (κ3) is 4.82. The molecule has 25 heavy (non-hydrogen) atoms. The van der Waals surface area contributed by atoms with Gasteiger partial charge in [-0.3, -0.25) is 14.5 Å². The SMILES string of the molecule is CC(=O)c1cccc(OCCCC(=O)N[C@H]2CCN3CCCC[C@@H]23)c1. The summed E-state index contributed by atoms with van der Waals surface area (Å²) in [6, 6.07) is 8.04. The monoisotopic (exact) mass is 344 g/mol. The van der Waals surface area contributed by atoms with Gasteiger partial charge in [0.05, 0.1) is 6.61 Å². The van der Waals surface area contributed by atoms with Crippen molar-refractivity contribution in [3.8, 4) is 5.75 Å². The lowest BCUT2D eigenvalue weighted by Crippen LogP contribution is -2.46. The first kappa shape index (κ1) is 17.9. The molecule has 5 nitrogen and oxygen atoms in total. The summed E-state index contributed by atoms with van der Waals surface area (Å²) in [4.78, 5) is 26.1. The number of hydrogen-bond donors (Lipinski definition) is 1. The summed E-state index contributed by atoms with van der Waals surface area (Å²) in [5.41, 5.74) is 0.647. The lowest BCUT2D eigenvalue weighted by Gasteiger charge is -2.32. The number of benzene rings is 1. The van der Waals surface area contributed by atoms with Crippen LogP contribution in [-0.4, -0.2) is 48.4 Å². The fraction of sp³-hybridized carbons (Fsp3) is 0.600. The topological polar surface area (TPSA) is 58.6 Å². The Labute approximate surface area is 149 Å². The van der Waals surface area contributed by atoms with Crippen LogP contribution < -0.4 is 10.1 Å². The number of rotatable bonds is 7. The minimum Gasteiger partial charge on any atom is -0.494 e. The maximum absolute atomic E-state index is 12.2. The highest BCUT2D eigenvalue weighted by Gasteiger charge is 2.35. The van der Waals surface area contributed by atoms with E-state index in [4.69, 9.17) is 4.74 Å². The van der Waals surface area contributed by atoms with Crippen molar-refractivity contribution in [2.75, 3.05) is 19.7 Å². The van der Waals surface area contributed by atoms with Gasteiger partial charge in [0.1, 0.15) is 5.75 Å². The molecule has 3 rings (SSSR count). The van der Waals surface area contributed by atoms with Crippen LogP contribution in [0.5, 0.6) is 5.75 Å². The molecule has 0 unspecified atom stereocenters. The highest BCUT2D eigenvalue weighted by atomic mass is 16.5. The quantitative estimate of drug-likeness (QED) is 0.610. The number of nitrogens with one attached hydrogen (secondary N) is 1. The van der Waals surface area contributed by atoms with Gasteiger partial charge in [-0.05, 0) is 51.3 Å². The Hall–Kier alpha value is -1.88. The molecule has 1 amide bonds. The van der Waals surface area contributed by atoms with E-state index in [1.54, 1.807) is 19.1 Å². The average Bonchev–Trinajstić information content (AvgIpc) is 3.02. The number of Topliss-reactive ketones (excluding diaryl/α,β-unsaturated/α-hetero) is 1. The number of nitrogens with zero attached hydrogens (tertiary/aromatic N) is 1. The lowest BCUT2D eigenvalue weighted by atomic mass is 9.99. The highest BCUT2D eigenvalue weighted by molar-refractivity contribution is 5.94. The van der Waals surface area contributed by atoms with Crippen molar-refractivity contribution < 1.29 is 14.3 Å². The molecule has 0 aliphatic carbocycles. The minimum absolute atomic E-state index is 0.0261. The number of carbonyl (C=O) groups is 2. The third-order valence-corrected chi connectivity index (χ3v) is 5.26. The normalized spacial score (nSPS) is 23.1. The Morgan fingerprint density at radius 1 is 1.24 bits per heavy atom. The fourth-order valence-electron chi connectivity index (χ4n) is 3.92. The molecule has 1 aromatic carbocycles. The van der Waals surface area contributed by atoms with Gasteiger partial charge in [-0.15, -0.1) is 0 Å². The van der Waals surface area contributed by atoms with Gasteiger partial charge in [-0.25, -0.2) is 0 Å². The van der Waals surface area contributed by atoms with Gasteiger partial charge in [0.25, 0.3) is 0 Å². The zero-order chi connectivity index (χ0) is 17.6. The smallest absolute Gasteiger partial charge is 0.220 e. The van der Waals surface area contributed by atoms with E-state index in [-0.39, 0.29) is 11.7 Å². The lowest BCUT2D eigenvalue weighted by molar-refractivity contribution is -0.122. The van der Waals surface area contributed by atoms with Crippen LogP contribution in [0.2, 0.25) is 0 Å². The minimum atomic E-state index is 0.0261. The molecule has 0 saturated carbocycles. The van der Waals surface area contributed by atoms with Crippen LogP contribution >= 0.6 is 0 Å². The highest BCUT2D eigenvalue weighted by Crippen LogP contribution is 2.27. The Bertz CT molecular complexity index is 617. The molecule has 5 heteroatoms. The predicted octanol–water partition coefficient (Wildman–Crippen LogP) is 2.79. The van der Waals surface area contributed by atoms with E-state index in [9.17, 15) is 9.59 Å². The van der Waals surface area contributed by atoms with Crippen molar-refractivity contribution in [2.45, 2.75) is 57.5 Å². The molecular formula is C20H28N2O3. The second kappa shape index (κ2) is 8.48. The van der Waals surface area contributed by atoms with Crippen molar-refractivity contribution in [1.29, 1.82) is 0 Å². The Kier molecular flexibility index (Phi) is 6.08. The summed E-state index contributed by atoms with van der Waals surface area (Å²) in [5.74, 6) is 0.832. The van der Waals surface area contributed by atoms with Crippen LogP contribution in [0.15, 0.2) is 24.3 Å². The number of ether oxygens (including phenoxy) is 1. The van der Waals surface area contributed by atoms with Crippen LogP contribution in [-0.2, 0) is 4.79 Å². The summed E-state index contributed by atoms with van der Waals surface area (Å²) in [6.07, 6.45) is 6.01. The number of ketones is 1. The first-order valence-electron chi connectivity index (χ1n) is 9.41. The van der Waals surface area contributed by atoms with Gasteiger partial charge in [-0.2, -0.15) is 0 Å². The second-order valence-electron chi connectivity index (χ2n) is 7.10. The summed E-state index contributed by atoms with van der Waals surface area (Å²) in [5, 5.41) is 3.22. The van der Waals surface area contributed by atoms with Crippen molar-refractivity contribution in [3.63, 3.8) is 0 Å². The van der Waals surface area contributed by atoms with E-state index in [0.29, 0.717) is 42.8 Å². The van der Waals surface area contributed by atoms with Crippen molar-refractivity contribution in [2.24, 2.45) is 0 Å². The van der Waals surface area contributed by atoms with Gasteiger partial charge in [0.15, 0.2) is 5.78 Å². The summed E-state index contributed by atoms with van der Waals surface area (Å²) < 4.78 is 5.66. The van der Waals surface area contributed by atoms with Gasteiger partial charge < -0.3 is 10.1 Å². The Morgan fingerprint density at radius 2 is 2.12 bits per heavy atom. The molecular weight excluding hydrogens is 316 g/mol. The van der Waals surface area contributed by atoms with Crippen LogP contribution in [0, 0.1) is 0 Å². The first-order chi connectivity index (χ1) is 12.1. The standard InChI is InChI=1S/C20H28N2O3/c1-15(23)16-6-4-7-17(14-16)25-13-5-9-20(24)21-18-10-12-22-11-3-2-8-19(18)22/h4,6-7,14,18-19H,2-3,5,8-13H2,1H3,(H,21,24)/t18-,19-/m0/s1. The van der Waals surface area contributed by atoms with Crippen LogP contribution in [0.25, 0.3) is 0 Å². The summed E-state index contributed by atoms with van der Waals surface area (Å²) >= 11 is 0. The summed E-state index contributed by atoms with van der Waals surface area (Å²) in [6.45, 7) is 4.32. The van der Waals surface area contributed by atoms with E-state index in [2.05, 4.69) is 10.2 Å². The molecule has 2 atom stereocenters. The van der Waals surface area contributed by atoms with Crippen molar-refractivity contribution in [3.05, 3.63) is 29.8 Å². The molecule has 0 spiro atoms. The molecule has 2 aliphatic rings. The van der Waals surface area contributed by atoms with Gasteiger partial charge in [-0.1, -0.05) is 18.6 Å². The first-order valence-corrected chi connectivity index (χ1v) is 9.41. The fourth-order valence-corrected chi connectivity index (χ4v) is 3.92. The second-order valence-corrected chi connectivity index (χ2v) is 7.10. The molecule has 1 aromatic rings. The molecule has 0 aromatic heterocycles. The number of amides is 1. The van der Waals surface area contributed by atoms with Crippen LogP contribution in [0.4, 0.5) is 0 Å². The average molecular weight is 344 g/mol. The number of fused-ring (bicyclic) bond motifs is 1. The van der Waals surface area contributed by atoms with Gasteiger partial charge in [0, 0.05) is 30.6 Å². The molecule has 0 radical (unpaired) electrons. The third-order valence-electron chi connectivity index (χ3n) is 5.26. The Morgan fingerprint density at radius 3 is 2.96 bits per heavy atom. The zero-order valence-corrected chi connectivity index (χ0v) is 15.0. The van der Waals surface area contributed by atoms with E-state index < -0.39 is 0 Å². The molecule has 1 N–H and O–H groups in total. The maximum atomic E-state index is 12.2. The van der Waals surface area contributed by atoms with E-state index in [1.165, 1.54) is 25.8 Å². The maximum Gasteiger partial charge on any atom is 0.220 e. The molecule has 136 valence electrons. The van der Waals surface area contributed by atoms with Gasteiger partial charge in [0.2, 0.25) is 5.91 Å². The van der Waals surface area contributed by atoms with E-state index in [1.807, 2.05) is 12.1 Å². The van der Waals surface area contributed by atoms with Gasteiger partial charge >= 0.3 is 0 Å². The Balaban J connectivity index is 1.37. The summed E-state index contributed by atoms with van der Waals surface area (Å²) in [7, 11) is 0. The largest absolute Gasteiger partial charge is 0.494 e. The van der Waals surface area contributed by atoms with Crippen molar-refractivity contribution >= 4 is 11.7 Å². The zero-order valence-electron chi connectivity index (χ0n) is 15.0. The number of hydrogen-bond acceptors (Lipinski definition) is 4. The molecule has 0 bridgehead atoms. The molecule has 2 aliphatic heterocycles. The van der Waals surface area contributed by atoms with E-state index in [0.717, 1.165) is 13.0 Å². The van der Waals surface area contributed by atoms with Crippen LogP contribution in [0.3, 0.4) is 0 Å². The van der Waals surface area contributed by atoms with E-state index >= 15 is 0 Å². The number of carbonyl (C=O) groups excluding carboxylic acids is 2. The predicted molar refractivity (Wildman–Crippen MR) is 96.9 cm³/mol. The van der Waals surface area contributed by atoms with Crippen LogP contribution in [0.1, 0.15) is 55.8 Å². The molecule has 2 heterocycles. The van der Waals surface area contributed by atoms with Crippen molar-refractivity contribution in [1.82, 2.24) is 10.2 Å².